The van der Waals surface area contributed by atoms with Crippen molar-refractivity contribution in [3.8, 4) is 0 Å². The number of ether oxygens (including phenoxy) is 2. The van der Waals surface area contributed by atoms with Crippen molar-refractivity contribution < 1.29 is 19.1 Å². The number of aryl methyl sites for hydroxylation is 2. The Bertz CT molecular complexity index is 502. The fraction of sp³-hybridized carbons (Fsp3) is 0.500. The van der Waals surface area contributed by atoms with Gasteiger partial charge in [0.25, 0.3) is 0 Å². The first kappa shape index (κ1) is 13.5. The minimum Gasteiger partial charge on any atom is -0.468 e. The van der Waals surface area contributed by atoms with Gasteiger partial charge in [0.05, 0.1) is 14.2 Å². The quantitative estimate of drug-likeness (QED) is 0.591. The van der Waals surface area contributed by atoms with Crippen molar-refractivity contribution in [2.24, 2.45) is 5.41 Å². The van der Waals surface area contributed by atoms with Crippen molar-refractivity contribution >= 4 is 11.9 Å². The lowest BCUT2D eigenvalue weighted by Gasteiger charge is -2.22. The van der Waals surface area contributed by atoms with E-state index >= 15 is 0 Å². The topological polar surface area (TPSA) is 65.5 Å². The molecule has 0 N–H and O–H groups in total. The van der Waals surface area contributed by atoms with E-state index in [0.717, 1.165) is 22.4 Å². The summed E-state index contributed by atoms with van der Waals surface area (Å²) in [6.07, 6.45) is 2.37. The van der Waals surface area contributed by atoms with Crippen LogP contribution in [0.5, 0.6) is 0 Å². The van der Waals surface area contributed by atoms with Crippen LogP contribution in [0.1, 0.15) is 22.4 Å². The van der Waals surface area contributed by atoms with E-state index < -0.39 is 17.4 Å². The van der Waals surface area contributed by atoms with E-state index in [0.29, 0.717) is 12.8 Å². The molecule has 0 fully saturated rings. The summed E-state index contributed by atoms with van der Waals surface area (Å²) >= 11 is 0. The summed E-state index contributed by atoms with van der Waals surface area (Å²) in [6, 6.07) is 0. The van der Waals surface area contributed by atoms with Crippen molar-refractivity contribution in [3.05, 3.63) is 28.6 Å². The number of carbonyl (C=O) groups is 2. The first-order valence-electron chi connectivity index (χ1n) is 6.07. The second-order valence-corrected chi connectivity index (χ2v) is 4.90. The molecule has 1 aromatic rings. The third kappa shape index (κ3) is 1.89. The maximum Gasteiger partial charge on any atom is 0.323 e. The fourth-order valence-electron chi connectivity index (χ4n) is 2.72. The molecule has 1 heterocycles. The molecular weight excluding hydrogens is 246 g/mol. The fourth-order valence-corrected chi connectivity index (χ4v) is 2.72. The molecule has 0 amide bonds. The predicted molar refractivity (Wildman–Crippen MR) is 67.6 cm³/mol. The Kier molecular flexibility index (Phi) is 3.30. The van der Waals surface area contributed by atoms with Gasteiger partial charge < -0.3 is 9.47 Å². The second-order valence-electron chi connectivity index (χ2n) is 4.90. The minimum absolute atomic E-state index is 0.294. The molecule has 19 heavy (non-hydrogen) atoms. The standard InChI is InChI=1S/C14H17NO4/c1-8-7-15-9(2)11-6-14(5-10(8)11,12(16)18-3)13(17)19-4/h7H,5-6H2,1-4H3. The first-order chi connectivity index (χ1) is 8.96. The number of pyridine rings is 1. The van der Waals surface area contributed by atoms with Gasteiger partial charge in [-0.1, -0.05) is 0 Å². The number of aromatic nitrogens is 1. The summed E-state index contributed by atoms with van der Waals surface area (Å²) < 4.78 is 9.62. The average Bonchev–Trinajstić information content (AvgIpc) is 2.84. The number of rotatable bonds is 2. The first-order valence-corrected chi connectivity index (χ1v) is 6.07. The summed E-state index contributed by atoms with van der Waals surface area (Å²) in [5, 5.41) is 0. The van der Waals surface area contributed by atoms with Gasteiger partial charge in [-0.25, -0.2) is 0 Å². The van der Waals surface area contributed by atoms with Gasteiger partial charge in [-0.05, 0) is 30.5 Å². The van der Waals surface area contributed by atoms with Crippen LogP contribution in [0.25, 0.3) is 0 Å². The molecule has 1 aliphatic carbocycles. The normalized spacial score (nSPS) is 15.8. The molecule has 1 aromatic heterocycles. The Morgan fingerprint density at radius 1 is 1.11 bits per heavy atom. The van der Waals surface area contributed by atoms with E-state index in [1.165, 1.54) is 14.2 Å². The summed E-state index contributed by atoms with van der Waals surface area (Å²) in [7, 11) is 2.57. The molecular formula is C14H17NO4. The van der Waals surface area contributed by atoms with Crippen molar-refractivity contribution in [3.63, 3.8) is 0 Å². The maximum atomic E-state index is 12.1. The van der Waals surface area contributed by atoms with E-state index in [4.69, 9.17) is 9.47 Å². The van der Waals surface area contributed by atoms with E-state index in [2.05, 4.69) is 4.98 Å². The molecule has 5 nitrogen and oxygen atoms in total. The van der Waals surface area contributed by atoms with Gasteiger partial charge in [-0.2, -0.15) is 0 Å². The number of hydrogen-bond donors (Lipinski definition) is 0. The van der Waals surface area contributed by atoms with E-state index in [-0.39, 0.29) is 0 Å². The summed E-state index contributed by atoms with van der Waals surface area (Å²) in [4.78, 5) is 28.5. The second kappa shape index (κ2) is 4.64. The Hall–Kier alpha value is -1.91. The molecule has 0 spiro atoms. The maximum absolute atomic E-state index is 12.1. The average molecular weight is 263 g/mol. The third-order valence-corrected chi connectivity index (χ3v) is 3.84. The molecule has 0 saturated carbocycles. The molecule has 0 aliphatic heterocycles. The number of esters is 2. The van der Waals surface area contributed by atoms with Crippen LogP contribution in [-0.4, -0.2) is 31.1 Å². The zero-order chi connectivity index (χ0) is 14.2. The van der Waals surface area contributed by atoms with Crippen LogP contribution < -0.4 is 0 Å². The van der Waals surface area contributed by atoms with Gasteiger partial charge in [0.15, 0.2) is 5.41 Å². The zero-order valence-corrected chi connectivity index (χ0v) is 11.6. The highest BCUT2D eigenvalue weighted by atomic mass is 16.5. The number of nitrogens with zero attached hydrogens (tertiary/aromatic N) is 1. The van der Waals surface area contributed by atoms with Gasteiger partial charge in [0, 0.05) is 24.7 Å². The molecule has 0 saturated heterocycles. The molecule has 0 unspecified atom stereocenters. The van der Waals surface area contributed by atoms with Crippen LogP contribution >= 0.6 is 0 Å². The Morgan fingerprint density at radius 3 is 2.11 bits per heavy atom. The smallest absolute Gasteiger partial charge is 0.323 e. The van der Waals surface area contributed by atoms with Crippen LogP contribution in [0.4, 0.5) is 0 Å². The van der Waals surface area contributed by atoms with Crippen molar-refractivity contribution in [1.29, 1.82) is 0 Å². The summed E-state index contributed by atoms with van der Waals surface area (Å²) in [6.45, 7) is 3.80. The van der Waals surface area contributed by atoms with Gasteiger partial charge >= 0.3 is 11.9 Å². The highest BCUT2D eigenvalue weighted by Crippen LogP contribution is 2.41. The van der Waals surface area contributed by atoms with Crippen molar-refractivity contribution in [2.75, 3.05) is 14.2 Å². The molecule has 0 atom stereocenters. The highest BCUT2D eigenvalue weighted by Gasteiger charge is 2.53. The number of carbonyl (C=O) groups excluding carboxylic acids is 2. The van der Waals surface area contributed by atoms with Gasteiger partial charge in [0.1, 0.15) is 0 Å². The van der Waals surface area contributed by atoms with E-state index in [9.17, 15) is 9.59 Å². The van der Waals surface area contributed by atoms with Gasteiger partial charge in [0.2, 0.25) is 0 Å². The Morgan fingerprint density at radius 2 is 1.63 bits per heavy atom. The Balaban J connectivity index is 2.54. The number of fused-ring (bicyclic) bond motifs is 1. The Labute approximate surface area is 111 Å². The molecule has 2 rings (SSSR count). The van der Waals surface area contributed by atoms with E-state index in [1.807, 2.05) is 13.8 Å². The zero-order valence-electron chi connectivity index (χ0n) is 11.6. The molecule has 5 heteroatoms. The molecule has 0 bridgehead atoms. The highest BCUT2D eigenvalue weighted by molar-refractivity contribution is 6.01. The van der Waals surface area contributed by atoms with Crippen molar-refractivity contribution in [2.45, 2.75) is 26.7 Å². The predicted octanol–water partition coefficient (Wildman–Crippen LogP) is 1.13. The SMILES string of the molecule is COC(=O)C1(C(=O)OC)Cc2c(C)cnc(C)c2C1. The lowest BCUT2D eigenvalue weighted by molar-refractivity contribution is -0.168. The van der Waals surface area contributed by atoms with Crippen LogP contribution in [0.3, 0.4) is 0 Å². The molecule has 0 radical (unpaired) electrons. The summed E-state index contributed by atoms with van der Waals surface area (Å²) in [5.74, 6) is -1.09. The van der Waals surface area contributed by atoms with Crippen molar-refractivity contribution in [1.82, 2.24) is 4.98 Å². The van der Waals surface area contributed by atoms with Crippen LogP contribution in [-0.2, 0) is 31.9 Å². The lowest BCUT2D eigenvalue weighted by Crippen LogP contribution is -2.42. The third-order valence-electron chi connectivity index (χ3n) is 3.84. The molecule has 102 valence electrons. The number of hydrogen-bond acceptors (Lipinski definition) is 5. The van der Waals surface area contributed by atoms with E-state index in [1.54, 1.807) is 6.20 Å². The molecule has 0 aromatic carbocycles. The summed E-state index contributed by atoms with van der Waals surface area (Å²) in [5.41, 5.74) is 2.52. The van der Waals surface area contributed by atoms with Crippen LogP contribution in [0.2, 0.25) is 0 Å². The monoisotopic (exact) mass is 263 g/mol. The van der Waals surface area contributed by atoms with Crippen LogP contribution in [0, 0.1) is 19.3 Å². The number of methoxy groups -OCH3 is 2. The van der Waals surface area contributed by atoms with Gasteiger partial charge in [-0.15, -0.1) is 0 Å². The lowest BCUT2D eigenvalue weighted by atomic mass is 9.84. The molecule has 1 aliphatic rings. The van der Waals surface area contributed by atoms with Gasteiger partial charge in [-0.3, -0.25) is 14.6 Å². The van der Waals surface area contributed by atoms with Crippen LogP contribution in [0.15, 0.2) is 6.20 Å². The largest absolute Gasteiger partial charge is 0.468 e. The minimum atomic E-state index is -1.26.